The zero-order valence-electron chi connectivity index (χ0n) is 12.7. The van der Waals surface area contributed by atoms with Crippen LogP contribution in [0.15, 0.2) is 12.2 Å². The predicted molar refractivity (Wildman–Crippen MR) is 81.9 cm³/mol. The Kier molecular flexibility index (Phi) is 14.5. The maximum atomic E-state index is 9.12. The highest BCUT2D eigenvalue weighted by Crippen LogP contribution is 2.11. The van der Waals surface area contributed by atoms with Crippen LogP contribution in [-0.2, 0) is 0 Å². The van der Waals surface area contributed by atoms with Gasteiger partial charge in [-0.2, -0.15) is 0 Å². The number of hydrogen-bond acceptors (Lipinski definition) is 1. The first-order valence-corrected chi connectivity index (χ1v) is 8.10. The van der Waals surface area contributed by atoms with Gasteiger partial charge in [0.25, 0.3) is 0 Å². The molecular weight excluding hydrogens is 220 g/mol. The summed E-state index contributed by atoms with van der Waals surface area (Å²) < 4.78 is 0. The Labute approximate surface area is 115 Å². The van der Waals surface area contributed by atoms with Crippen molar-refractivity contribution in [2.75, 3.05) is 0 Å². The molecule has 1 nitrogen and oxygen atoms in total. The van der Waals surface area contributed by atoms with Gasteiger partial charge in [-0.3, -0.25) is 0 Å². The maximum absolute atomic E-state index is 9.12. The monoisotopic (exact) mass is 254 g/mol. The van der Waals surface area contributed by atoms with Crippen LogP contribution in [0.1, 0.15) is 90.9 Å². The molecule has 0 bridgehead atoms. The first kappa shape index (κ1) is 17.7. The summed E-state index contributed by atoms with van der Waals surface area (Å²) in [5, 5.41) is 9.12. The fourth-order valence-corrected chi connectivity index (χ4v) is 2.14. The van der Waals surface area contributed by atoms with Gasteiger partial charge >= 0.3 is 0 Å². The van der Waals surface area contributed by atoms with Crippen molar-refractivity contribution in [1.29, 1.82) is 0 Å². The molecule has 0 saturated carbocycles. The SMILES string of the molecule is CCCC/C=C\CCCCCCCCC[C@@H](C)O. The molecule has 1 heteroatoms. The molecule has 0 fully saturated rings. The molecule has 0 aromatic heterocycles. The van der Waals surface area contributed by atoms with E-state index in [1.54, 1.807) is 0 Å². The van der Waals surface area contributed by atoms with E-state index in [1.165, 1.54) is 70.6 Å². The lowest BCUT2D eigenvalue weighted by Crippen LogP contribution is -1.98. The summed E-state index contributed by atoms with van der Waals surface area (Å²) in [4.78, 5) is 0. The summed E-state index contributed by atoms with van der Waals surface area (Å²) in [6.07, 6.45) is 20.1. The van der Waals surface area contributed by atoms with Crippen molar-refractivity contribution in [2.24, 2.45) is 0 Å². The fraction of sp³-hybridized carbons (Fsp3) is 0.882. The highest BCUT2D eigenvalue weighted by atomic mass is 16.3. The first-order chi connectivity index (χ1) is 8.77. The molecule has 0 radical (unpaired) electrons. The van der Waals surface area contributed by atoms with Gasteiger partial charge in [0.05, 0.1) is 6.10 Å². The second kappa shape index (κ2) is 14.8. The summed E-state index contributed by atoms with van der Waals surface area (Å²) in [6.45, 7) is 4.13. The van der Waals surface area contributed by atoms with Crippen molar-refractivity contribution in [3.05, 3.63) is 12.2 Å². The third kappa shape index (κ3) is 15.7. The third-order valence-corrected chi connectivity index (χ3v) is 3.38. The van der Waals surface area contributed by atoms with E-state index >= 15 is 0 Å². The van der Waals surface area contributed by atoms with E-state index in [2.05, 4.69) is 19.1 Å². The van der Waals surface area contributed by atoms with Gasteiger partial charge in [0.2, 0.25) is 0 Å². The molecule has 0 aromatic carbocycles. The normalized spacial score (nSPS) is 13.3. The molecule has 0 rings (SSSR count). The fourth-order valence-electron chi connectivity index (χ4n) is 2.14. The molecule has 0 heterocycles. The lowest BCUT2D eigenvalue weighted by Gasteiger charge is -2.03. The molecule has 0 unspecified atom stereocenters. The van der Waals surface area contributed by atoms with Crippen molar-refractivity contribution in [1.82, 2.24) is 0 Å². The predicted octanol–water partition coefficient (Wildman–Crippen LogP) is 5.62. The number of aliphatic hydroxyl groups excluding tert-OH is 1. The van der Waals surface area contributed by atoms with E-state index in [0.717, 1.165) is 6.42 Å². The minimum Gasteiger partial charge on any atom is -0.393 e. The highest BCUT2D eigenvalue weighted by molar-refractivity contribution is 4.81. The molecule has 0 aromatic rings. The van der Waals surface area contributed by atoms with Gasteiger partial charge in [-0.1, -0.05) is 70.4 Å². The molecule has 0 aliphatic carbocycles. The Balaban J connectivity index is 3.01. The standard InChI is InChI=1S/C17H34O/c1-3-4-5-6-7-8-9-10-11-12-13-14-15-16-17(2)18/h6-7,17-18H,3-5,8-16H2,1-2H3/b7-6-/t17-/m1/s1. The van der Waals surface area contributed by atoms with Gasteiger partial charge < -0.3 is 5.11 Å². The molecule has 0 aliphatic rings. The van der Waals surface area contributed by atoms with Crippen molar-refractivity contribution >= 4 is 0 Å². The molecule has 1 atom stereocenters. The van der Waals surface area contributed by atoms with Crippen LogP contribution >= 0.6 is 0 Å². The minimum atomic E-state index is -0.107. The Hall–Kier alpha value is -0.300. The average molecular weight is 254 g/mol. The van der Waals surface area contributed by atoms with Crippen molar-refractivity contribution in [3.8, 4) is 0 Å². The van der Waals surface area contributed by atoms with Crippen molar-refractivity contribution in [3.63, 3.8) is 0 Å². The van der Waals surface area contributed by atoms with E-state index in [-0.39, 0.29) is 6.10 Å². The molecule has 0 amide bonds. The first-order valence-electron chi connectivity index (χ1n) is 8.10. The zero-order chi connectivity index (χ0) is 13.5. The van der Waals surface area contributed by atoms with Crippen LogP contribution < -0.4 is 0 Å². The van der Waals surface area contributed by atoms with Crippen LogP contribution in [0.5, 0.6) is 0 Å². The van der Waals surface area contributed by atoms with Crippen LogP contribution in [0, 0.1) is 0 Å². The molecule has 0 spiro atoms. The smallest absolute Gasteiger partial charge is 0.0512 e. The summed E-state index contributed by atoms with van der Waals surface area (Å²) in [6, 6.07) is 0. The van der Waals surface area contributed by atoms with Gasteiger partial charge in [0.15, 0.2) is 0 Å². The maximum Gasteiger partial charge on any atom is 0.0512 e. The molecule has 0 aliphatic heterocycles. The lowest BCUT2D eigenvalue weighted by molar-refractivity contribution is 0.180. The third-order valence-electron chi connectivity index (χ3n) is 3.38. The van der Waals surface area contributed by atoms with E-state index in [1.807, 2.05) is 6.92 Å². The van der Waals surface area contributed by atoms with Gasteiger partial charge in [-0.15, -0.1) is 0 Å². The zero-order valence-corrected chi connectivity index (χ0v) is 12.7. The van der Waals surface area contributed by atoms with Gasteiger partial charge in [-0.05, 0) is 32.6 Å². The topological polar surface area (TPSA) is 20.2 Å². The second-order valence-electron chi connectivity index (χ2n) is 5.51. The largest absolute Gasteiger partial charge is 0.393 e. The average Bonchev–Trinajstić information content (AvgIpc) is 2.34. The summed E-state index contributed by atoms with van der Waals surface area (Å²) >= 11 is 0. The molecule has 1 N–H and O–H groups in total. The van der Waals surface area contributed by atoms with Crippen molar-refractivity contribution < 1.29 is 5.11 Å². The quantitative estimate of drug-likeness (QED) is 0.334. The van der Waals surface area contributed by atoms with Crippen molar-refractivity contribution in [2.45, 2.75) is 97.0 Å². The van der Waals surface area contributed by atoms with Gasteiger partial charge in [0.1, 0.15) is 0 Å². The molecular formula is C17H34O. The summed E-state index contributed by atoms with van der Waals surface area (Å²) in [5.41, 5.74) is 0. The van der Waals surface area contributed by atoms with E-state index in [0.29, 0.717) is 0 Å². The van der Waals surface area contributed by atoms with Gasteiger partial charge in [-0.25, -0.2) is 0 Å². The molecule has 18 heavy (non-hydrogen) atoms. The van der Waals surface area contributed by atoms with Crippen LogP contribution in [-0.4, -0.2) is 11.2 Å². The number of allylic oxidation sites excluding steroid dienone is 2. The second-order valence-corrected chi connectivity index (χ2v) is 5.51. The van der Waals surface area contributed by atoms with Crippen LogP contribution in [0.4, 0.5) is 0 Å². The summed E-state index contributed by atoms with van der Waals surface area (Å²) in [5.74, 6) is 0. The van der Waals surface area contributed by atoms with E-state index in [9.17, 15) is 0 Å². The molecule has 0 saturated heterocycles. The Morgan fingerprint density at radius 1 is 0.778 bits per heavy atom. The number of aliphatic hydroxyl groups is 1. The van der Waals surface area contributed by atoms with Crippen LogP contribution in [0.3, 0.4) is 0 Å². The molecule has 108 valence electrons. The highest BCUT2D eigenvalue weighted by Gasteiger charge is 1.95. The Bertz CT molecular complexity index is 172. The van der Waals surface area contributed by atoms with E-state index in [4.69, 9.17) is 5.11 Å². The summed E-state index contributed by atoms with van der Waals surface area (Å²) in [7, 11) is 0. The number of unbranched alkanes of at least 4 members (excludes halogenated alkanes) is 9. The Morgan fingerprint density at radius 3 is 1.83 bits per heavy atom. The van der Waals surface area contributed by atoms with Crippen LogP contribution in [0.25, 0.3) is 0 Å². The Morgan fingerprint density at radius 2 is 1.28 bits per heavy atom. The number of hydrogen-bond donors (Lipinski definition) is 1. The van der Waals surface area contributed by atoms with Gasteiger partial charge in [0, 0.05) is 0 Å². The minimum absolute atomic E-state index is 0.107. The number of rotatable bonds is 13. The van der Waals surface area contributed by atoms with Crippen LogP contribution in [0.2, 0.25) is 0 Å². The lowest BCUT2D eigenvalue weighted by atomic mass is 10.1. The van der Waals surface area contributed by atoms with E-state index < -0.39 is 0 Å².